The lowest BCUT2D eigenvalue weighted by molar-refractivity contribution is -0.126. The first-order chi connectivity index (χ1) is 22.2. The maximum absolute atomic E-state index is 14.5. The van der Waals surface area contributed by atoms with Gasteiger partial charge in [-0.3, -0.25) is 9.59 Å². The predicted molar refractivity (Wildman–Crippen MR) is 163 cm³/mol. The molecular formula is C31H33N9O5S. The molecule has 1 N–H and O–H groups in total. The Hall–Kier alpha value is -4.94. The van der Waals surface area contributed by atoms with Crippen molar-refractivity contribution in [1.29, 1.82) is 5.26 Å². The maximum Gasteiger partial charge on any atom is 0.275 e. The van der Waals surface area contributed by atoms with Crippen LogP contribution in [0.25, 0.3) is 5.69 Å². The second-order valence-corrected chi connectivity index (χ2v) is 13.3. The molecular weight excluding hydrogens is 610 g/mol. The molecule has 2 atom stereocenters. The van der Waals surface area contributed by atoms with E-state index < -0.39 is 27.7 Å². The molecule has 238 valence electrons. The third kappa shape index (κ3) is 6.53. The number of fused-ring (bicyclic) bond motifs is 1. The van der Waals surface area contributed by atoms with E-state index in [0.29, 0.717) is 36.5 Å². The minimum Gasteiger partial charge on any atom is -0.376 e. The zero-order valence-electron chi connectivity index (χ0n) is 25.2. The molecule has 1 aromatic carbocycles. The minimum absolute atomic E-state index is 0.00474. The first kappa shape index (κ1) is 31.1. The number of ether oxygens (including phenoxy) is 1. The van der Waals surface area contributed by atoms with E-state index in [9.17, 15) is 23.3 Å². The Morgan fingerprint density at radius 1 is 1.20 bits per heavy atom. The van der Waals surface area contributed by atoms with Crippen LogP contribution in [0.3, 0.4) is 0 Å². The van der Waals surface area contributed by atoms with Gasteiger partial charge in [-0.25, -0.2) is 22.8 Å². The average molecular weight is 644 g/mol. The molecule has 0 radical (unpaired) electrons. The van der Waals surface area contributed by atoms with Gasteiger partial charge < -0.3 is 15.0 Å². The number of aromatic nitrogens is 6. The van der Waals surface area contributed by atoms with Gasteiger partial charge >= 0.3 is 0 Å². The molecule has 1 saturated heterocycles. The van der Waals surface area contributed by atoms with Crippen LogP contribution in [-0.2, 0) is 38.9 Å². The number of hydrogen-bond donors (Lipinski definition) is 1. The van der Waals surface area contributed by atoms with Crippen LogP contribution >= 0.6 is 0 Å². The summed E-state index contributed by atoms with van der Waals surface area (Å²) in [7, 11) is -3.79. The highest BCUT2D eigenvalue weighted by Gasteiger charge is 2.39. The van der Waals surface area contributed by atoms with Gasteiger partial charge in [-0.15, -0.1) is 5.10 Å². The summed E-state index contributed by atoms with van der Waals surface area (Å²) < 4.78 is 34.4. The van der Waals surface area contributed by atoms with Crippen molar-refractivity contribution < 1.29 is 22.7 Å². The van der Waals surface area contributed by atoms with Gasteiger partial charge in [0, 0.05) is 43.9 Å². The van der Waals surface area contributed by atoms with Crippen LogP contribution in [0.5, 0.6) is 0 Å². The number of nitrogens with one attached hydrogen (secondary N) is 1. The second-order valence-electron chi connectivity index (χ2n) is 11.4. The summed E-state index contributed by atoms with van der Waals surface area (Å²) in [5.74, 6) is -1.13. The zero-order chi connectivity index (χ0) is 32.3. The molecule has 14 nitrogen and oxygen atoms in total. The number of carbonyl (C=O) groups is 2. The molecule has 0 spiro atoms. The van der Waals surface area contributed by atoms with Gasteiger partial charge in [-0.1, -0.05) is 17.3 Å². The van der Waals surface area contributed by atoms with Crippen LogP contribution < -0.4 is 5.32 Å². The largest absolute Gasteiger partial charge is 0.376 e. The van der Waals surface area contributed by atoms with E-state index in [1.807, 2.05) is 0 Å². The highest BCUT2D eigenvalue weighted by molar-refractivity contribution is 7.90. The van der Waals surface area contributed by atoms with Crippen molar-refractivity contribution in [2.24, 2.45) is 0 Å². The number of hydrogen-bond acceptors (Lipinski definition) is 10. The molecule has 6 rings (SSSR count). The van der Waals surface area contributed by atoms with Crippen LogP contribution in [-0.4, -0.2) is 80.4 Å². The highest BCUT2D eigenvalue weighted by Crippen LogP contribution is 2.30. The molecule has 46 heavy (non-hydrogen) atoms. The summed E-state index contributed by atoms with van der Waals surface area (Å²) in [6.45, 7) is 1.21. The van der Waals surface area contributed by atoms with Gasteiger partial charge in [-0.2, -0.15) is 10.4 Å². The molecule has 2 amide bonds. The summed E-state index contributed by atoms with van der Waals surface area (Å²) in [4.78, 5) is 34.1. The van der Waals surface area contributed by atoms with Crippen molar-refractivity contribution in [1.82, 2.24) is 40.0 Å². The molecule has 0 bridgehead atoms. The van der Waals surface area contributed by atoms with Gasteiger partial charge in [0.2, 0.25) is 5.91 Å². The molecule has 5 heterocycles. The van der Waals surface area contributed by atoms with Crippen LogP contribution in [0.2, 0.25) is 0 Å². The third-order valence-electron chi connectivity index (χ3n) is 8.10. The molecule has 1 fully saturated rings. The fraction of sp³-hybridized carbons (Fsp3) is 0.387. The number of benzene rings is 1. The lowest BCUT2D eigenvalue weighted by Crippen LogP contribution is -2.46. The van der Waals surface area contributed by atoms with Crippen LogP contribution in [0.1, 0.15) is 64.7 Å². The minimum atomic E-state index is -3.79. The number of pyridine rings is 1. The van der Waals surface area contributed by atoms with Crippen molar-refractivity contribution in [3.05, 3.63) is 83.1 Å². The summed E-state index contributed by atoms with van der Waals surface area (Å²) in [5.41, 5.74) is 2.29. The first-order valence-corrected chi connectivity index (χ1v) is 16.9. The van der Waals surface area contributed by atoms with E-state index in [2.05, 4.69) is 31.8 Å². The number of nitriles is 1. The Bertz CT molecular complexity index is 1910. The second kappa shape index (κ2) is 13.2. The third-order valence-corrected chi connectivity index (χ3v) is 9.17. The number of carbonyl (C=O) groups excluding carboxylic acids is 2. The zero-order valence-corrected chi connectivity index (χ0v) is 26.1. The molecule has 15 heteroatoms. The molecule has 4 aromatic rings. The van der Waals surface area contributed by atoms with E-state index in [-0.39, 0.29) is 35.5 Å². The van der Waals surface area contributed by atoms with E-state index in [4.69, 9.17) is 4.74 Å². The van der Waals surface area contributed by atoms with Crippen molar-refractivity contribution in [3.63, 3.8) is 0 Å². The normalized spacial score (nSPS) is 16.7. The lowest BCUT2D eigenvalue weighted by Gasteiger charge is -2.31. The Morgan fingerprint density at radius 3 is 2.85 bits per heavy atom. The fourth-order valence-corrected chi connectivity index (χ4v) is 6.73. The number of amides is 2. The quantitative estimate of drug-likeness (QED) is 0.269. The maximum atomic E-state index is 14.5. The Kier molecular flexibility index (Phi) is 8.91. The summed E-state index contributed by atoms with van der Waals surface area (Å²) in [6, 6.07) is 12.2. The Morgan fingerprint density at radius 2 is 2.07 bits per heavy atom. The van der Waals surface area contributed by atoms with E-state index >= 15 is 0 Å². The molecule has 0 saturated carbocycles. The Balaban J connectivity index is 1.44. The highest BCUT2D eigenvalue weighted by atomic mass is 32.2. The van der Waals surface area contributed by atoms with Crippen LogP contribution in [0.15, 0.2) is 59.9 Å². The lowest BCUT2D eigenvalue weighted by atomic mass is 10.0. The van der Waals surface area contributed by atoms with Crippen molar-refractivity contribution in [2.75, 3.05) is 19.4 Å². The number of nitrogens with zero attached hydrogens (tertiary/aromatic N) is 8. The molecule has 0 aliphatic carbocycles. The first-order valence-electron chi connectivity index (χ1n) is 15.1. The summed E-state index contributed by atoms with van der Waals surface area (Å²) in [5, 5.41) is 25.3. The van der Waals surface area contributed by atoms with Crippen molar-refractivity contribution in [3.8, 4) is 11.8 Å². The molecule has 2 aliphatic rings. The number of rotatable bonds is 10. The average Bonchev–Trinajstić information content (AvgIpc) is 3.85. The van der Waals surface area contributed by atoms with Gasteiger partial charge in [0.05, 0.1) is 35.7 Å². The van der Waals surface area contributed by atoms with E-state index in [1.54, 1.807) is 47.3 Å². The summed E-state index contributed by atoms with van der Waals surface area (Å²) >= 11 is 0. The van der Waals surface area contributed by atoms with Crippen LogP contribution in [0.4, 0.5) is 0 Å². The summed E-state index contributed by atoms with van der Waals surface area (Å²) in [6.07, 6.45) is 7.92. The van der Waals surface area contributed by atoms with Gasteiger partial charge in [-0.05, 0) is 62.4 Å². The van der Waals surface area contributed by atoms with Gasteiger partial charge in [0.1, 0.15) is 5.69 Å². The van der Waals surface area contributed by atoms with Crippen molar-refractivity contribution in [2.45, 2.75) is 62.4 Å². The fourth-order valence-electron chi connectivity index (χ4n) is 5.87. The molecule has 2 unspecified atom stereocenters. The molecule has 3 aromatic heterocycles. The van der Waals surface area contributed by atoms with Crippen LogP contribution in [0, 0.1) is 11.3 Å². The number of sulfone groups is 1. The Labute approximate surface area is 265 Å². The van der Waals surface area contributed by atoms with E-state index in [1.165, 1.54) is 21.8 Å². The van der Waals surface area contributed by atoms with Gasteiger partial charge in [0.25, 0.3) is 5.91 Å². The predicted octanol–water partition coefficient (Wildman–Crippen LogP) is 2.15. The number of aryl methyl sites for hydroxylation is 1. The van der Waals surface area contributed by atoms with E-state index in [0.717, 1.165) is 37.6 Å². The topological polar surface area (TPSA) is 178 Å². The SMILES string of the molecule is CS(=O)(=O)c1ncccc1CN(C(=O)c1ccn(-c2cccc(C#N)c2)n1)C(C(=O)NCC1CCCO1)c1nnn2c1CCCC2. The van der Waals surface area contributed by atoms with Crippen molar-refractivity contribution >= 4 is 21.7 Å². The molecule has 2 aliphatic heterocycles. The standard InChI is InChI=1S/C31H33N9O5S/c1-46(43,44)30-22(8-5-13-33-30)20-38(31(42)25-12-15-39(36-25)23-9-4-7-21(17-23)18-32)28(29(41)34-19-24-10-6-16-45-24)27-26-11-2-3-14-40(26)37-35-27/h4-5,7-9,12-13,15,17,24,28H,2-3,6,10-11,14,16,19-20H2,1H3,(H,34,41). The smallest absolute Gasteiger partial charge is 0.275 e. The van der Waals surface area contributed by atoms with Gasteiger partial charge in [0.15, 0.2) is 26.6 Å². The monoisotopic (exact) mass is 643 g/mol.